The standard InChI is InChI=1S/C25H34N4O3/c1-28-13-10-20-15-19(7-8-21(20)28)22(29-11-4-5-12-29)17-27-25(30)26-16-18-6-9-23(31-2)24(14-18)32-3/h6-9,14-15,22H,4-5,10-13,16-17H2,1-3H3,(H2,26,27,30). The lowest BCUT2D eigenvalue weighted by Crippen LogP contribution is -2.41. The van der Waals surface area contributed by atoms with Crippen molar-refractivity contribution in [3.63, 3.8) is 0 Å². The first-order chi connectivity index (χ1) is 15.6. The molecule has 32 heavy (non-hydrogen) atoms. The van der Waals surface area contributed by atoms with Gasteiger partial charge in [-0.15, -0.1) is 0 Å². The van der Waals surface area contributed by atoms with Crippen LogP contribution < -0.4 is 25.0 Å². The Bertz CT molecular complexity index is 943. The lowest BCUT2D eigenvalue weighted by Gasteiger charge is -2.29. The number of nitrogens with zero attached hydrogens (tertiary/aromatic N) is 2. The van der Waals surface area contributed by atoms with Crippen LogP contribution in [0.2, 0.25) is 0 Å². The Kier molecular flexibility index (Phi) is 7.05. The number of rotatable bonds is 8. The normalized spacial score (nSPS) is 16.5. The van der Waals surface area contributed by atoms with Crippen molar-refractivity contribution in [2.24, 2.45) is 0 Å². The number of anilines is 1. The van der Waals surface area contributed by atoms with Crippen LogP contribution in [0.25, 0.3) is 0 Å². The summed E-state index contributed by atoms with van der Waals surface area (Å²) < 4.78 is 10.6. The second-order valence-corrected chi connectivity index (χ2v) is 8.57. The Labute approximate surface area is 190 Å². The predicted octanol–water partition coefficient (Wildman–Crippen LogP) is 3.33. The summed E-state index contributed by atoms with van der Waals surface area (Å²) in [5.41, 5.74) is 4.99. The highest BCUT2D eigenvalue weighted by Crippen LogP contribution is 2.32. The van der Waals surface area contributed by atoms with Gasteiger partial charge in [0.15, 0.2) is 11.5 Å². The van der Waals surface area contributed by atoms with Crippen LogP contribution in [0, 0.1) is 0 Å². The Balaban J connectivity index is 1.38. The highest BCUT2D eigenvalue weighted by molar-refractivity contribution is 5.74. The number of hydrogen-bond acceptors (Lipinski definition) is 5. The molecule has 2 aliphatic rings. The first kappa shape index (κ1) is 22.3. The lowest BCUT2D eigenvalue weighted by atomic mass is 10.0. The van der Waals surface area contributed by atoms with Crippen LogP contribution in [0.15, 0.2) is 36.4 Å². The molecule has 1 fully saturated rings. The van der Waals surface area contributed by atoms with Gasteiger partial charge in [-0.05, 0) is 67.2 Å². The van der Waals surface area contributed by atoms with Crippen LogP contribution in [0.1, 0.15) is 35.6 Å². The van der Waals surface area contributed by atoms with Crippen LogP contribution in [-0.4, -0.2) is 58.4 Å². The van der Waals surface area contributed by atoms with E-state index in [9.17, 15) is 4.79 Å². The molecule has 0 aromatic heterocycles. The van der Waals surface area contributed by atoms with Crippen molar-refractivity contribution in [2.75, 3.05) is 52.3 Å². The molecule has 0 spiro atoms. The minimum Gasteiger partial charge on any atom is -0.493 e. The third-order valence-electron chi connectivity index (χ3n) is 6.55. The zero-order chi connectivity index (χ0) is 22.5. The molecule has 0 saturated carbocycles. The topological polar surface area (TPSA) is 66.1 Å². The zero-order valence-corrected chi connectivity index (χ0v) is 19.3. The minimum atomic E-state index is -0.162. The maximum atomic E-state index is 12.6. The molecule has 2 N–H and O–H groups in total. The van der Waals surface area contributed by atoms with Gasteiger partial charge in [0.2, 0.25) is 0 Å². The van der Waals surface area contributed by atoms with Gasteiger partial charge in [-0.25, -0.2) is 4.79 Å². The van der Waals surface area contributed by atoms with Crippen molar-refractivity contribution in [1.29, 1.82) is 0 Å². The number of hydrogen-bond donors (Lipinski definition) is 2. The number of amides is 2. The number of carbonyl (C=O) groups excluding carboxylic acids is 1. The number of likely N-dealkylation sites (N-methyl/N-ethyl adjacent to an activating group) is 1. The van der Waals surface area contributed by atoms with E-state index >= 15 is 0 Å². The first-order valence-electron chi connectivity index (χ1n) is 11.4. The molecule has 0 aliphatic carbocycles. The van der Waals surface area contributed by atoms with Gasteiger partial charge in [0.05, 0.1) is 20.3 Å². The van der Waals surface area contributed by atoms with E-state index in [4.69, 9.17) is 9.47 Å². The average Bonchev–Trinajstić information content (AvgIpc) is 3.48. The molecule has 1 unspecified atom stereocenters. The molecule has 172 valence electrons. The van der Waals surface area contributed by atoms with Gasteiger partial charge in [0.1, 0.15) is 0 Å². The molecule has 7 nitrogen and oxygen atoms in total. The van der Waals surface area contributed by atoms with Gasteiger partial charge in [-0.2, -0.15) is 0 Å². The molecule has 2 aromatic rings. The number of carbonyl (C=O) groups is 1. The van der Waals surface area contributed by atoms with Crippen molar-refractivity contribution < 1.29 is 14.3 Å². The number of ether oxygens (including phenoxy) is 2. The number of benzene rings is 2. The molecule has 1 atom stereocenters. The van der Waals surface area contributed by atoms with E-state index < -0.39 is 0 Å². The summed E-state index contributed by atoms with van der Waals surface area (Å²) in [6.07, 6.45) is 3.52. The Morgan fingerprint density at radius 3 is 2.53 bits per heavy atom. The zero-order valence-electron chi connectivity index (χ0n) is 19.3. The number of methoxy groups -OCH3 is 2. The average molecular weight is 439 g/mol. The largest absolute Gasteiger partial charge is 0.493 e. The molecule has 7 heteroatoms. The van der Waals surface area contributed by atoms with Gasteiger partial charge >= 0.3 is 6.03 Å². The van der Waals surface area contributed by atoms with Crippen LogP contribution in [0.3, 0.4) is 0 Å². The molecule has 0 bridgehead atoms. The third kappa shape index (κ3) is 4.93. The Morgan fingerprint density at radius 2 is 1.78 bits per heavy atom. The van der Waals surface area contributed by atoms with E-state index in [2.05, 4.69) is 45.7 Å². The van der Waals surface area contributed by atoms with Gasteiger partial charge in [-0.3, -0.25) is 4.90 Å². The van der Waals surface area contributed by atoms with Gasteiger partial charge < -0.3 is 25.0 Å². The number of fused-ring (bicyclic) bond motifs is 1. The van der Waals surface area contributed by atoms with Gasteiger partial charge in [0.25, 0.3) is 0 Å². The summed E-state index contributed by atoms with van der Waals surface area (Å²) in [5, 5.41) is 6.06. The van der Waals surface area contributed by atoms with E-state index in [-0.39, 0.29) is 12.1 Å². The summed E-state index contributed by atoms with van der Waals surface area (Å²) >= 11 is 0. The molecule has 2 heterocycles. The number of likely N-dealkylation sites (tertiary alicyclic amines) is 1. The molecule has 2 amide bonds. The van der Waals surface area contributed by atoms with Gasteiger partial charge in [-0.1, -0.05) is 18.2 Å². The summed E-state index contributed by atoms with van der Waals surface area (Å²) in [5.74, 6) is 1.33. The highest BCUT2D eigenvalue weighted by Gasteiger charge is 2.26. The highest BCUT2D eigenvalue weighted by atomic mass is 16.5. The molecule has 2 aliphatic heterocycles. The lowest BCUT2D eigenvalue weighted by molar-refractivity contribution is 0.220. The van der Waals surface area contributed by atoms with Crippen LogP contribution in [0.5, 0.6) is 11.5 Å². The SMILES string of the molecule is COc1ccc(CNC(=O)NCC(c2ccc3c(c2)CCN3C)N2CCCC2)cc1OC. The molecule has 2 aromatic carbocycles. The minimum absolute atomic E-state index is 0.162. The molecule has 0 radical (unpaired) electrons. The third-order valence-corrected chi connectivity index (χ3v) is 6.55. The monoisotopic (exact) mass is 438 g/mol. The van der Waals surface area contributed by atoms with Crippen molar-refractivity contribution in [3.8, 4) is 11.5 Å². The second kappa shape index (κ2) is 10.1. The van der Waals surface area contributed by atoms with Crippen molar-refractivity contribution in [3.05, 3.63) is 53.1 Å². The van der Waals surface area contributed by atoms with E-state index in [1.54, 1.807) is 14.2 Å². The number of nitrogens with one attached hydrogen (secondary N) is 2. The van der Waals surface area contributed by atoms with Crippen LogP contribution in [-0.2, 0) is 13.0 Å². The number of urea groups is 1. The van der Waals surface area contributed by atoms with Crippen molar-refractivity contribution in [1.82, 2.24) is 15.5 Å². The van der Waals surface area contributed by atoms with Crippen LogP contribution in [0.4, 0.5) is 10.5 Å². The Hall–Kier alpha value is -2.93. The van der Waals surface area contributed by atoms with Crippen LogP contribution >= 0.6 is 0 Å². The maximum Gasteiger partial charge on any atom is 0.315 e. The van der Waals surface area contributed by atoms with Gasteiger partial charge in [0, 0.05) is 32.4 Å². The first-order valence-corrected chi connectivity index (χ1v) is 11.4. The molecular formula is C25H34N4O3. The predicted molar refractivity (Wildman–Crippen MR) is 127 cm³/mol. The fourth-order valence-corrected chi connectivity index (χ4v) is 4.73. The molecule has 4 rings (SSSR count). The van der Waals surface area contributed by atoms with E-state index in [0.29, 0.717) is 24.6 Å². The second-order valence-electron chi connectivity index (χ2n) is 8.57. The fraction of sp³-hybridized carbons (Fsp3) is 0.480. The van der Waals surface area contributed by atoms with Crippen molar-refractivity contribution in [2.45, 2.75) is 31.8 Å². The summed E-state index contributed by atoms with van der Waals surface area (Å²) in [6.45, 7) is 4.25. The maximum absolute atomic E-state index is 12.6. The summed E-state index contributed by atoms with van der Waals surface area (Å²) in [6, 6.07) is 12.5. The molecule has 1 saturated heterocycles. The van der Waals surface area contributed by atoms with E-state index in [0.717, 1.165) is 31.6 Å². The molecular weight excluding hydrogens is 404 g/mol. The van der Waals surface area contributed by atoms with E-state index in [1.165, 1.54) is 29.7 Å². The Morgan fingerprint density at radius 1 is 1.00 bits per heavy atom. The summed E-state index contributed by atoms with van der Waals surface area (Å²) in [4.78, 5) is 17.4. The smallest absolute Gasteiger partial charge is 0.315 e. The van der Waals surface area contributed by atoms with Crippen molar-refractivity contribution >= 4 is 11.7 Å². The fourth-order valence-electron chi connectivity index (χ4n) is 4.73. The summed E-state index contributed by atoms with van der Waals surface area (Å²) in [7, 11) is 5.37. The quantitative estimate of drug-likeness (QED) is 0.662. The van der Waals surface area contributed by atoms with E-state index in [1.807, 2.05) is 18.2 Å².